The molecule has 28 heavy (non-hydrogen) atoms. The highest BCUT2D eigenvalue weighted by Gasteiger charge is 2.09. The van der Waals surface area contributed by atoms with Crippen LogP contribution in [0.1, 0.15) is 50.2 Å². The number of hydrogen-bond acceptors (Lipinski definition) is 5. The van der Waals surface area contributed by atoms with Crippen molar-refractivity contribution in [2.75, 3.05) is 44.7 Å². The van der Waals surface area contributed by atoms with E-state index in [-0.39, 0.29) is 24.0 Å². The van der Waals surface area contributed by atoms with Gasteiger partial charge in [0, 0.05) is 20.1 Å². The maximum Gasteiger partial charge on any atom is 0.191 e. The van der Waals surface area contributed by atoms with Gasteiger partial charge in [0.15, 0.2) is 11.8 Å². The smallest absolute Gasteiger partial charge is 0.191 e. The monoisotopic (exact) mass is 523 g/mol. The van der Waals surface area contributed by atoms with Crippen LogP contribution in [0.15, 0.2) is 4.99 Å². The molecule has 1 aliphatic rings. The Balaban J connectivity index is 0.00000392. The van der Waals surface area contributed by atoms with E-state index in [0.29, 0.717) is 6.54 Å². The van der Waals surface area contributed by atoms with E-state index in [4.69, 9.17) is 4.99 Å². The van der Waals surface area contributed by atoms with Gasteiger partial charge in [0.25, 0.3) is 0 Å². The van der Waals surface area contributed by atoms with Crippen LogP contribution in [0.2, 0.25) is 0 Å². The van der Waals surface area contributed by atoms with Crippen molar-refractivity contribution < 1.29 is 0 Å². The van der Waals surface area contributed by atoms with Crippen LogP contribution in [0.3, 0.4) is 0 Å². The minimum Gasteiger partial charge on any atom is -0.356 e. The first kappa shape index (κ1) is 25.5. The predicted molar refractivity (Wildman–Crippen MR) is 131 cm³/mol. The van der Waals surface area contributed by atoms with E-state index in [1.54, 1.807) is 0 Å². The number of aliphatic imine (C=N–C) groups is 1. The molecule has 2 N–H and O–H groups in total. The lowest BCUT2D eigenvalue weighted by molar-refractivity contribution is 0.282. The summed E-state index contributed by atoms with van der Waals surface area (Å²) in [6.45, 7) is 8.09. The molecule has 0 aromatic carbocycles. The maximum absolute atomic E-state index is 4.72. The molecular weight excluding hydrogens is 485 g/mol. The van der Waals surface area contributed by atoms with Crippen LogP contribution in [-0.4, -0.2) is 70.4 Å². The summed E-state index contributed by atoms with van der Waals surface area (Å²) in [7, 11) is 1.99. The molecule has 9 heteroatoms. The molecule has 7 nitrogen and oxygen atoms in total. The number of hydrogen-bond donors (Lipinski definition) is 2. The lowest BCUT2D eigenvalue weighted by Crippen LogP contribution is -2.39. The van der Waals surface area contributed by atoms with Gasteiger partial charge in [-0.25, -0.2) is 4.99 Å². The molecule has 0 spiro atoms. The van der Waals surface area contributed by atoms with Gasteiger partial charge in [-0.15, -0.1) is 34.2 Å². The number of likely N-dealkylation sites (tertiary alicyclic amines) is 1. The van der Waals surface area contributed by atoms with E-state index in [9.17, 15) is 0 Å². The third kappa shape index (κ3) is 9.78. The number of nitrogens with one attached hydrogen (secondary N) is 2. The quantitative estimate of drug-likeness (QED) is 0.213. The van der Waals surface area contributed by atoms with Crippen molar-refractivity contribution in [3.8, 4) is 0 Å². The SMILES string of the molecule is CSCCCNC(=NCc1nnc(C)n1C)NCCCN1CCCCCC1.I. The second kappa shape index (κ2) is 15.3. The Morgan fingerprint density at radius 2 is 1.75 bits per heavy atom. The topological polar surface area (TPSA) is 70.4 Å². The minimum atomic E-state index is 0. The van der Waals surface area contributed by atoms with Gasteiger partial charge in [-0.05, 0) is 64.2 Å². The number of rotatable bonds is 10. The zero-order valence-corrected chi connectivity index (χ0v) is 20.9. The largest absolute Gasteiger partial charge is 0.356 e. The molecule has 0 aliphatic carbocycles. The zero-order chi connectivity index (χ0) is 19.3. The highest BCUT2D eigenvalue weighted by Crippen LogP contribution is 2.09. The number of halogens is 1. The third-order valence-electron chi connectivity index (χ3n) is 5.02. The Morgan fingerprint density at radius 3 is 2.36 bits per heavy atom. The van der Waals surface area contributed by atoms with Crippen LogP contribution in [0.4, 0.5) is 0 Å². The molecule has 1 aromatic rings. The molecule has 0 atom stereocenters. The van der Waals surface area contributed by atoms with Crippen LogP contribution < -0.4 is 10.6 Å². The number of guanidine groups is 1. The Hall–Kier alpha value is -0.550. The Kier molecular flexibility index (Phi) is 13.9. The number of aromatic nitrogens is 3. The van der Waals surface area contributed by atoms with Gasteiger partial charge in [-0.1, -0.05) is 12.8 Å². The molecule has 162 valence electrons. The van der Waals surface area contributed by atoms with Crippen LogP contribution in [0.5, 0.6) is 0 Å². The average Bonchev–Trinajstić information content (AvgIpc) is 2.87. The Morgan fingerprint density at radius 1 is 1.07 bits per heavy atom. The van der Waals surface area contributed by atoms with Crippen molar-refractivity contribution in [2.45, 2.75) is 52.0 Å². The van der Waals surface area contributed by atoms with E-state index < -0.39 is 0 Å². The van der Waals surface area contributed by atoms with E-state index in [1.165, 1.54) is 45.3 Å². The lowest BCUT2D eigenvalue weighted by atomic mass is 10.2. The van der Waals surface area contributed by atoms with Gasteiger partial charge in [-0.3, -0.25) is 0 Å². The van der Waals surface area contributed by atoms with Crippen molar-refractivity contribution in [3.05, 3.63) is 11.6 Å². The molecule has 0 saturated carbocycles. The summed E-state index contributed by atoms with van der Waals surface area (Å²) >= 11 is 1.88. The van der Waals surface area contributed by atoms with E-state index in [2.05, 4.69) is 32.0 Å². The van der Waals surface area contributed by atoms with Crippen molar-refractivity contribution >= 4 is 41.7 Å². The first-order valence-corrected chi connectivity index (χ1v) is 11.7. The fourth-order valence-electron chi connectivity index (χ4n) is 3.21. The lowest BCUT2D eigenvalue weighted by Gasteiger charge is -2.20. The fourth-order valence-corrected chi connectivity index (χ4v) is 3.64. The molecular formula is C19H38IN7S. The van der Waals surface area contributed by atoms with Crippen LogP contribution in [0, 0.1) is 6.92 Å². The van der Waals surface area contributed by atoms with Crippen molar-refractivity contribution in [3.63, 3.8) is 0 Å². The Bertz CT molecular complexity index is 556. The average molecular weight is 524 g/mol. The Labute approximate surface area is 191 Å². The third-order valence-corrected chi connectivity index (χ3v) is 5.72. The molecule has 0 radical (unpaired) electrons. The summed E-state index contributed by atoms with van der Waals surface area (Å²) < 4.78 is 1.99. The summed E-state index contributed by atoms with van der Waals surface area (Å²) in [6.07, 6.45) is 9.93. The summed E-state index contributed by atoms with van der Waals surface area (Å²) in [5, 5.41) is 15.3. The molecule has 2 rings (SSSR count). The molecule has 1 saturated heterocycles. The highest BCUT2D eigenvalue weighted by molar-refractivity contribution is 14.0. The molecule has 2 heterocycles. The first-order chi connectivity index (χ1) is 13.2. The van der Waals surface area contributed by atoms with Gasteiger partial charge in [0.2, 0.25) is 0 Å². The van der Waals surface area contributed by atoms with Crippen molar-refractivity contribution in [1.82, 2.24) is 30.3 Å². The predicted octanol–water partition coefficient (Wildman–Crippen LogP) is 2.80. The summed E-state index contributed by atoms with van der Waals surface area (Å²) in [4.78, 5) is 7.33. The zero-order valence-electron chi connectivity index (χ0n) is 17.7. The van der Waals surface area contributed by atoms with E-state index in [0.717, 1.165) is 49.3 Å². The molecule has 0 amide bonds. The number of thioether (sulfide) groups is 1. The van der Waals surface area contributed by atoms with Crippen LogP contribution in [-0.2, 0) is 13.6 Å². The van der Waals surface area contributed by atoms with Crippen LogP contribution >= 0.6 is 35.7 Å². The van der Waals surface area contributed by atoms with Crippen molar-refractivity contribution in [1.29, 1.82) is 0 Å². The second-order valence-electron chi connectivity index (χ2n) is 7.20. The van der Waals surface area contributed by atoms with E-state index >= 15 is 0 Å². The molecule has 1 aliphatic heterocycles. The van der Waals surface area contributed by atoms with Gasteiger partial charge < -0.3 is 20.1 Å². The molecule has 1 aromatic heterocycles. The second-order valence-corrected chi connectivity index (χ2v) is 8.18. The summed E-state index contributed by atoms with van der Waals surface area (Å²) in [5.74, 6) is 3.85. The standard InChI is InChI=1S/C19H37N7S.HI/c1-17-23-24-18(25(17)2)16-22-19(21-11-9-15-27-3)20-10-8-14-26-12-6-4-5-7-13-26;/h4-16H2,1-3H3,(H2,20,21,22);1H. The summed E-state index contributed by atoms with van der Waals surface area (Å²) in [6, 6.07) is 0. The maximum atomic E-state index is 4.72. The minimum absolute atomic E-state index is 0. The first-order valence-electron chi connectivity index (χ1n) is 10.3. The van der Waals surface area contributed by atoms with E-state index in [1.807, 2.05) is 30.3 Å². The molecule has 0 unspecified atom stereocenters. The number of nitrogens with zero attached hydrogens (tertiary/aromatic N) is 5. The molecule has 0 bridgehead atoms. The van der Waals surface area contributed by atoms with Gasteiger partial charge in [0.1, 0.15) is 12.4 Å². The fraction of sp³-hybridized carbons (Fsp3) is 0.842. The van der Waals surface area contributed by atoms with Crippen molar-refractivity contribution in [2.24, 2.45) is 12.0 Å². The van der Waals surface area contributed by atoms with Crippen LogP contribution in [0.25, 0.3) is 0 Å². The normalized spacial score (nSPS) is 15.8. The van der Waals surface area contributed by atoms with Gasteiger partial charge in [-0.2, -0.15) is 11.8 Å². The molecule has 1 fully saturated rings. The number of aryl methyl sites for hydroxylation is 1. The highest BCUT2D eigenvalue weighted by atomic mass is 127. The summed E-state index contributed by atoms with van der Waals surface area (Å²) in [5.41, 5.74) is 0. The van der Waals surface area contributed by atoms with Gasteiger partial charge >= 0.3 is 0 Å². The van der Waals surface area contributed by atoms with Gasteiger partial charge in [0.05, 0.1) is 0 Å².